The lowest BCUT2D eigenvalue weighted by atomic mass is 10.4. The zero-order valence-electron chi connectivity index (χ0n) is 11.2. The first kappa shape index (κ1) is 15.4. The van der Waals surface area contributed by atoms with E-state index in [0.717, 1.165) is 29.0 Å². The standard InChI is InChI=1S/C12H19BrN2O2S2/c1-10-9-11(18-12(10)13)19(16,17)14(2)7-8-15-5-3-4-6-15/h9H,3-8H2,1-2H3. The molecule has 4 nitrogen and oxygen atoms in total. The van der Waals surface area contributed by atoms with Gasteiger partial charge in [0.15, 0.2) is 0 Å². The molecule has 0 N–H and O–H groups in total. The van der Waals surface area contributed by atoms with Crippen molar-refractivity contribution in [2.45, 2.75) is 24.0 Å². The van der Waals surface area contributed by atoms with Crippen LogP contribution in [-0.2, 0) is 10.0 Å². The molecule has 7 heteroatoms. The molecule has 0 bridgehead atoms. The summed E-state index contributed by atoms with van der Waals surface area (Å²) in [5, 5.41) is 0. The van der Waals surface area contributed by atoms with Crippen molar-refractivity contribution in [1.82, 2.24) is 9.21 Å². The van der Waals surface area contributed by atoms with Gasteiger partial charge >= 0.3 is 0 Å². The van der Waals surface area contributed by atoms with Crippen LogP contribution in [0.3, 0.4) is 0 Å². The SMILES string of the molecule is Cc1cc(S(=O)(=O)N(C)CCN2CCCC2)sc1Br. The van der Waals surface area contributed by atoms with Crippen LogP contribution in [0.5, 0.6) is 0 Å². The molecule has 1 fully saturated rings. The molecule has 1 aromatic rings. The van der Waals surface area contributed by atoms with Gasteiger partial charge in [0.1, 0.15) is 4.21 Å². The van der Waals surface area contributed by atoms with Gasteiger partial charge in [-0.05, 0) is 60.4 Å². The number of halogens is 1. The fraction of sp³-hybridized carbons (Fsp3) is 0.667. The van der Waals surface area contributed by atoms with Crippen molar-refractivity contribution < 1.29 is 8.42 Å². The van der Waals surface area contributed by atoms with Gasteiger partial charge in [-0.25, -0.2) is 8.42 Å². The largest absolute Gasteiger partial charge is 0.302 e. The Hall–Kier alpha value is 0.0500. The summed E-state index contributed by atoms with van der Waals surface area (Å²) in [6, 6.07) is 1.73. The van der Waals surface area contributed by atoms with Crippen molar-refractivity contribution in [2.24, 2.45) is 0 Å². The lowest BCUT2D eigenvalue weighted by Gasteiger charge is -2.20. The van der Waals surface area contributed by atoms with Crippen LogP contribution in [0.15, 0.2) is 14.1 Å². The van der Waals surface area contributed by atoms with E-state index in [9.17, 15) is 8.42 Å². The summed E-state index contributed by atoms with van der Waals surface area (Å²) in [6.07, 6.45) is 2.46. The van der Waals surface area contributed by atoms with Gasteiger partial charge in [-0.3, -0.25) is 0 Å². The Morgan fingerprint density at radius 3 is 2.58 bits per heavy atom. The van der Waals surface area contributed by atoms with E-state index >= 15 is 0 Å². The Kier molecular flexibility index (Phi) is 5.05. The van der Waals surface area contributed by atoms with Crippen LogP contribution in [0.2, 0.25) is 0 Å². The third kappa shape index (κ3) is 3.58. The van der Waals surface area contributed by atoms with Gasteiger partial charge in [0.2, 0.25) is 0 Å². The van der Waals surface area contributed by atoms with Gasteiger partial charge in [0, 0.05) is 20.1 Å². The van der Waals surface area contributed by atoms with Crippen molar-refractivity contribution >= 4 is 37.3 Å². The lowest BCUT2D eigenvalue weighted by molar-refractivity contribution is 0.310. The highest BCUT2D eigenvalue weighted by Gasteiger charge is 2.24. The monoisotopic (exact) mass is 366 g/mol. The number of likely N-dealkylation sites (tertiary alicyclic amines) is 1. The Morgan fingerprint density at radius 1 is 1.42 bits per heavy atom. The second-order valence-electron chi connectivity index (χ2n) is 4.90. The normalized spacial score (nSPS) is 17.5. The van der Waals surface area contributed by atoms with Crippen LogP contribution in [0.1, 0.15) is 18.4 Å². The molecule has 0 saturated carbocycles. The minimum atomic E-state index is -3.34. The van der Waals surface area contributed by atoms with Gasteiger partial charge in [0.25, 0.3) is 10.0 Å². The van der Waals surface area contributed by atoms with E-state index < -0.39 is 10.0 Å². The number of nitrogens with zero attached hydrogens (tertiary/aromatic N) is 2. The quantitative estimate of drug-likeness (QED) is 0.803. The molecular weight excluding hydrogens is 348 g/mol. The maximum Gasteiger partial charge on any atom is 0.252 e. The smallest absolute Gasteiger partial charge is 0.252 e. The summed E-state index contributed by atoms with van der Waals surface area (Å²) in [4.78, 5) is 2.32. The van der Waals surface area contributed by atoms with Crippen LogP contribution in [0, 0.1) is 6.92 Å². The summed E-state index contributed by atoms with van der Waals surface area (Å²) < 4.78 is 27.6. The van der Waals surface area contributed by atoms with E-state index in [0.29, 0.717) is 10.8 Å². The van der Waals surface area contributed by atoms with E-state index in [1.54, 1.807) is 13.1 Å². The number of hydrogen-bond donors (Lipinski definition) is 0. The molecule has 0 atom stereocenters. The predicted molar refractivity (Wildman–Crippen MR) is 82.2 cm³/mol. The summed E-state index contributed by atoms with van der Waals surface area (Å²) in [5.74, 6) is 0. The topological polar surface area (TPSA) is 40.6 Å². The van der Waals surface area contributed by atoms with Crippen molar-refractivity contribution in [3.8, 4) is 0 Å². The molecule has 0 aromatic carbocycles. The molecule has 0 aliphatic carbocycles. The van der Waals surface area contributed by atoms with E-state index in [1.807, 2.05) is 6.92 Å². The number of thiophene rings is 1. The molecule has 2 heterocycles. The van der Waals surface area contributed by atoms with Crippen LogP contribution >= 0.6 is 27.3 Å². The van der Waals surface area contributed by atoms with Gasteiger partial charge in [-0.15, -0.1) is 11.3 Å². The highest BCUT2D eigenvalue weighted by atomic mass is 79.9. The van der Waals surface area contributed by atoms with Crippen molar-refractivity contribution in [3.63, 3.8) is 0 Å². The van der Waals surface area contributed by atoms with E-state index in [2.05, 4.69) is 20.8 Å². The van der Waals surface area contributed by atoms with Gasteiger partial charge < -0.3 is 4.90 Å². The van der Waals surface area contributed by atoms with E-state index in [4.69, 9.17) is 0 Å². The second-order valence-corrected chi connectivity index (χ2v) is 9.54. The molecule has 0 unspecified atom stereocenters. The maximum atomic E-state index is 12.4. The predicted octanol–water partition coefficient (Wildman–Crippen LogP) is 2.54. The molecule has 0 radical (unpaired) electrons. The molecule has 108 valence electrons. The van der Waals surface area contributed by atoms with Gasteiger partial charge in [0.05, 0.1) is 3.79 Å². The number of likely N-dealkylation sites (N-methyl/N-ethyl adjacent to an activating group) is 1. The van der Waals surface area contributed by atoms with Gasteiger partial charge in [-0.2, -0.15) is 4.31 Å². The number of hydrogen-bond acceptors (Lipinski definition) is 4. The summed E-state index contributed by atoms with van der Waals surface area (Å²) in [7, 11) is -1.68. The summed E-state index contributed by atoms with van der Waals surface area (Å²) in [6.45, 7) is 5.47. The minimum absolute atomic E-state index is 0.417. The highest BCUT2D eigenvalue weighted by molar-refractivity contribution is 9.11. The molecule has 0 amide bonds. The molecule has 1 aliphatic rings. The van der Waals surface area contributed by atoms with Crippen molar-refractivity contribution in [1.29, 1.82) is 0 Å². The fourth-order valence-corrected chi connectivity index (χ4v) is 5.72. The Morgan fingerprint density at radius 2 is 2.05 bits per heavy atom. The highest BCUT2D eigenvalue weighted by Crippen LogP contribution is 2.31. The molecule has 1 aliphatic heterocycles. The van der Waals surface area contributed by atoms with Crippen LogP contribution in [-0.4, -0.2) is 50.8 Å². The third-order valence-corrected chi connectivity index (χ3v) is 7.87. The molecular formula is C12H19BrN2O2S2. The first-order chi connectivity index (χ1) is 8.91. The first-order valence-electron chi connectivity index (χ1n) is 6.36. The van der Waals surface area contributed by atoms with Gasteiger partial charge in [-0.1, -0.05) is 0 Å². The van der Waals surface area contributed by atoms with Crippen LogP contribution in [0.25, 0.3) is 0 Å². The first-order valence-corrected chi connectivity index (χ1v) is 9.41. The maximum absolute atomic E-state index is 12.4. The molecule has 1 saturated heterocycles. The average molecular weight is 367 g/mol. The Labute approximate surface area is 127 Å². The zero-order chi connectivity index (χ0) is 14.0. The summed E-state index contributed by atoms with van der Waals surface area (Å²) >= 11 is 4.66. The average Bonchev–Trinajstić information content (AvgIpc) is 2.97. The lowest BCUT2D eigenvalue weighted by Crippen LogP contribution is -2.34. The van der Waals surface area contributed by atoms with Crippen LogP contribution in [0.4, 0.5) is 0 Å². The Bertz CT molecular complexity index is 516. The summed E-state index contributed by atoms with van der Waals surface area (Å²) in [5.41, 5.74) is 0.969. The zero-order valence-corrected chi connectivity index (χ0v) is 14.4. The van der Waals surface area contributed by atoms with E-state index in [1.165, 1.54) is 28.5 Å². The third-order valence-electron chi connectivity index (χ3n) is 3.43. The van der Waals surface area contributed by atoms with E-state index in [-0.39, 0.29) is 0 Å². The van der Waals surface area contributed by atoms with Crippen LogP contribution < -0.4 is 0 Å². The van der Waals surface area contributed by atoms with Crippen molar-refractivity contribution in [2.75, 3.05) is 33.2 Å². The molecule has 19 heavy (non-hydrogen) atoms. The number of aryl methyl sites for hydroxylation is 1. The minimum Gasteiger partial charge on any atom is -0.302 e. The molecule has 1 aromatic heterocycles. The fourth-order valence-electron chi connectivity index (χ4n) is 2.12. The number of rotatable bonds is 5. The second kappa shape index (κ2) is 6.22. The molecule has 0 spiro atoms. The molecule has 2 rings (SSSR count). The van der Waals surface area contributed by atoms with Crippen molar-refractivity contribution in [3.05, 3.63) is 15.4 Å². The number of sulfonamides is 1. The Balaban J connectivity index is 2.01.